The summed E-state index contributed by atoms with van der Waals surface area (Å²) in [6.45, 7) is 10.6. The van der Waals surface area contributed by atoms with E-state index in [0.29, 0.717) is 35.4 Å². The fourth-order valence-corrected chi connectivity index (χ4v) is 4.43. The minimum absolute atomic E-state index is 0.231. The molecule has 2 aromatic carbocycles. The maximum atomic E-state index is 13.7. The van der Waals surface area contributed by atoms with Gasteiger partial charge in [-0.1, -0.05) is 45.0 Å². The zero-order valence-electron chi connectivity index (χ0n) is 19.4. The monoisotopic (exact) mass is 432 g/mol. The number of imide groups is 1. The summed E-state index contributed by atoms with van der Waals surface area (Å²) < 4.78 is 5.56. The number of amides is 2. The highest BCUT2D eigenvalue weighted by Crippen LogP contribution is 2.37. The summed E-state index contributed by atoms with van der Waals surface area (Å²) in [5.74, 6) is 1.28. The summed E-state index contributed by atoms with van der Waals surface area (Å²) in [6.07, 6.45) is 2.04. The van der Waals surface area contributed by atoms with Gasteiger partial charge in [0.1, 0.15) is 11.4 Å². The topological polar surface area (TPSA) is 49.9 Å². The Hall–Kier alpha value is -3.08. The molecule has 2 aromatic rings. The fraction of sp³-hybridized carbons (Fsp3) is 0.407. The van der Waals surface area contributed by atoms with E-state index in [1.165, 1.54) is 10.5 Å². The molecule has 0 unspecified atom stereocenters. The first-order valence-electron chi connectivity index (χ1n) is 11.6. The van der Waals surface area contributed by atoms with Crippen LogP contribution in [0, 0.1) is 5.92 Å². The zero-order valence-corrected chi connectivity index (χ0v) is 19.4. The van der Waals surface area contributed by atoms with Crippen molar-refractivity contribution in [1.29, 1.82) is 0 Å². The predicted octanol–water partition coefficient (Wildman–Crippen LogP) is 5.23. The van der Waals surface area contributed by atoms with Gasteiger partial charge >= 0.3 is 0 Å². The van der Waals surface area contributed by atoms with Gasteiger partial charge in [0.05, 0.1) is 17.9 Å². The quantitative estimate of drug-likeness (QED) is 0.587. The molecule has 2 aliphatic rings. The number of anilines is 1. The van der Waals surface area contributed by atoms with Gasteiger partial charge in [-0.15, -0.1) is 0 Å². The van der Waals surface area contributed by atoms with Crippen molar-refractivity contribution in [3.8, 4) is 5.75 Å². The highest BCUT2D eigenvalue weighted by Gasteiger charge is 2.43. The van der Waals surface area contributed by atoms with Crippen LogP contribution >= 0.6 is 0 Å². The molecule has 2 heterocycles. The Balaban J connectivity index is 1.74. The highest BCUT2D eigenvalue weighted by atomic mass is 16.5. The fourth-order valence-electron chi connectivity index (χ4n) is 4.43. The van der Waals surface area contributed by atoms with Crippen molar-refractivity contribution in [2.24, 2.45) is 5.92 Å². The number of hydrogen-bond acceptors (Lipinski definition) is 4. The molecule has 2 amide bonds. The lowest BCUT2D eigenvalue weighted by Crippen LogP contribution is -2.38. The van der Waals surface area contributed by atoms with Crippen LogP contribution in [0.3, 0.4) is 0 Å². The molecule has 4 rings (SSSR count). The van der Waals surface area contributed by atoms with Crippen molar-refractivity contribution >= 4 is 23.1 Å². The molecule has 32 heavy (non-hydrogen) atoms. The van der Waals surface area contributed by atoms with E-state index in [9.17, 15) is 9.59 Å². The third-order valence-corrected chi connectivity index (χ3v) is 6.43. The van der Waals surface area contributed by atoms with Crippen LogP contribution in [0.5, 0.6) is 5.75 Å². The summed E-state index contributed by atoms with van der Waals surface area (Å²) in [5, 5.41) is 0. The minimum atomic E-state index is -0.259. The molecule has 168 valence electrons. The molecule has 0 spiro atoms. The smallest absolute Gasteiger partial charge is 0.282 e. The van der Waals surface area contributed by atoms with Crippen LogP contribution in [-0.4, -0.2) is 36.4 Å². The average Bonchev–Trinajstić information content (AvgIpc) is 3.05. The van der Waals surface area contributed by atoms with Crippen LogP contribution in [0.4, 0.5) is 5.69 Å². The van der Waals surface area contributed by atoms with Gasteiger partial charge in [0.2, 0.25) is 0 Å². The molecule has 0 aromatic heterocycles. The minimum Gasteiger partial charge on any atom is -0.494 e. The van der Waals surface area contributed by atoms with E-state index < -0.39 is 0 Å². The molecule has 5 heteroatoms. The van der Waals surface area contributed by atoms with Crippen LogP contribution < -0.4 is 9.64 Å². The zero-order chi connectivity index (χ0) is 22.8. The Morgan fingerprint density at radius 3 is 2.12 bits per heavy atom. The molecular formula is C27H32N2O3. The predicted molar refractivity (Wildman–Crippen MR) is 128 cm³/mol. The standard InChI is InChI=1S/C27H32N2O3/c1-5-32-23-12-8-21(9-13-23)24-25(28-16-14-19(4)15-17-28)27(31)29(26(24)30)22-10-6-20(7-11-22)18(2)3/h6-13,18-19H,5,14-17H2,1-4H3. The Morgan fingerprint density at radius 1 is 0.938 bits per heavy atom. The summed E-state index contributed by atoms with van der Waals surface area (Å²) in [5.41, 5.74) is 3.56. The number of benzene rings is 2. The highest BCUT2D eigenvalue weighted by molar-refractivity contribution is 6.45. The number of hydrogen-bond donors (Lipinski definition) is 0. The lowest BCUT2D eigenvalue weighted by atomic mass is 9.97. The van der Waals surface area contributed by atoms with Gasteiger partial charge in [-0.3, -0.25) is 9.59 Å². The number of ether oxygens (including phenoxy) is 1. The molecule has 5 nitrogen and oxygen atoms in total. The summed E-state index contributed by atoms with van der Waals surface area (Å²) in [4.78, 5) is 30.7. The Kier molecular flexibility index (Phi) is 6.35. The van der Waals surface area contributed by atoms with Crippen molar-refractivity contribution in [2.45, 2.75) is 46.5 Å². The van der Waals surface area contributed by atoms with Crippen molar-refractivity contribution in [3.05, 3.63) is 65.4 Å². The molecule has 0 N–H and O–H groups in total. The van der Waals surface area contributed by atoms with Crippen LogP contribution in [0.1, 0.15) is 57.6 Å². The number of rotatable bonds is 6. The second-order valence-electron chi connectivity index (χ2n) is 9.04. The van der Waals surface area contributed by atoms with E-state index in [1.54, 1.807) is 0 Å². The van der Waals surface area contributed by atoms with E-state index in [1.807, 2.05) is 55.5 Å². The SMILES string of the molecule is CCOc1ccc(C2=C(N3CCC(C)CC3)C(=O)N(c3ccc(C(C)C)cc3)C2=O)cc1. The molecule has 1 fully saturated rings. The van der Waals surface area contributed by atoms with Gasteiger partial charge in [-0.25, -0.2) is 4.90 Å². The molecule has 0 bridgehead atoms. The van der Waals surface area contributed by atoms with Crippen molar-refractivity contribution in [1.82, 2.24) is 4.90 Å². The normalized spacial score (nSPS) is 17.7. The summed E-state index contributed by atoms with van der Waals surface area (Å²) in [6, 6.07) is 15.2. The molecule has 0 radical (unpaired) electrons. The molecule has 0 aliphatic carbocycles. The number of piperidine rings is 1. The van der Waals surface area contributed by atoms with Crippen molar-refractivity contribution in [2.75, 3.05) is 24.6 Å². The Labute approximate surface area is 190 Å². The Bertz CT molecular complexity index is 1010. The maximum absolute atomic E-state index is 13.7. The van der Waals surface area contributed by atoms with Gasteiger partial charge in [0, 0.05) is 13.1 Å². The number of likely N-dealkylation sites (tertiary alicyclic amines) is 1. The number of carbonyl (C=O) groups excluding carboxylic acids is 2. The first-order valence-corrected chi connectivity index (χ1v) is 11.6. The van der Waals surface area contributed by atoms with Gasteiger partial charge in [-0.2, -0.15) is 0 Å². The first kappa shape index (κ1) is 22.1. The van der Waals surface area contributed by atoms with Crippen molar-refractivity contribution < 1.29 is 14.3 Å². The second kappa shape index (κ2) is 9.19. The largest absolute Gasteiger partial charge is 0.494 e. The lowest BCUT2D eigenvalue weighted by molar-refractivity contribution is -0.120. The summed E-state index contributed by atoms with van der Waals surface area (Å²) >= 11 is 0. The molecule has 0 saturated carbocycles. The summed E-state index contributed by atoms with van der Waals surface area (Å²) in [7, 11) is 0. The van der Waals surface area contributed by atoms with E-state index in [4.69, 9.17) is 4.74 Å². The number of nitrogens with zero attached hydrogens (tertiary/aromatic N) is 2. The van der Waals surface area contributed by atoms with E-state index in [-0.39, 0.29) is 11.8 Å². The third-order valence-electron chi connectivity index (χ3n) is 6.43. The third kappa shape index (κ3) is 4.16. The Morgan fingerprint density at radius 2 is 1.56 bits per heavy atom. The molecule has 0 atom stereocenters. The van der Waals surface area contributed by atoms with E-state index in [0.717, 1.165) is 37.2 Å². The van der Waals surface area contributed by atoms with Crippen molar-refractivity contribution in [3.63, 3.8) is 0 Å². The molecule has 1 saturated heterocycles. The molecular weight excluding hydrogens is 400 g/mol. The van der Waals surface area contributed by atoms with Crippen LogP contribution in [0.25, 0.3) is 5.57 Å². The van der Waals surface area contributed by atoms with Gasteiger partial charge in [0.25, 0.3) is 11.8 Å². The van der Waals surface area contributed by atoms with Crippen LogP contribution in [0.15, 0.2) is 54.2 Å². The second-order valence-corrected chi connectivity index (χ2v) is 9.04. The van der Waals surface area contributed by atoms with E-state index in [2.05, 4.69) is 25.7 Å². The van der Waals surface area contributed by atoms with Gasteiger partial charge in [-0.05, 0) is 67.0 Å². The van der Waals surface area contributed by atoms with E-state index >= 15 is 0 Å². The average molecular weight is 433 g/mol. The molecule has 2 aliphatic heterocycles. The maximum Gasteiger partial charge on any atom is 0.282 e. The number of carbonyl (C=O) groups is 2. The van der Waals surface area contributed by atoms with Gasteiger partial charge < -0.3 is 9.64 Å². The lowest BCUT2D eigenvalue weighted by Gasteiger charge is -2.32. The first-order chi connectivity index (χ1) is 15.4. The van der Waals surface area contributed by atoms with Gasteiger partial charge in [0.15, 0.2) is 0 Å². The van der Waals surface area contributed by atoms with Crippen LogP contribution in [0.2, 0.25) is 0 Å². The van der Waals surface area contributed by atoms with Crippen LogP contribution in [-0.2, 0) is 9.59 Å².